The number of rotatable bonds is 3. The molecule has 2 aromatic carbocycles. The van der Waals surface area contributed by atoms with Crippen molar-refractivity contribution >= 4 is 11.0 Å². The number of benzene rings is 2. The van der Waals surface area contributed by atoms with E-state index >= 15 is 0 Å². The van der Waals surface area contributed by atoms with Crippen LogP contribution in [0.3, 0.4) is 0 Å². The van der Waals surface area contributed by atoms with Crippen LogP contribution < -0.4 is 5.43 Å². The molecule has 1 fully saturated rings. The van der Waals surface area contributed by atoms with E-state index in [9.17, 15) is 30.3 Å². The summed E-state index contributed by atoms with van der Waals surface area (Å²) in [5, 5.41) is 50.3. The maximum Gasteiger partial charge on any atom is 0.238 e. The molecule has 1 aromatic heterocycles. The van der Waals surface area contributed by atoms with Gasteiger partial charge in [-0.05, 0) is 18.2 Å². The molecule has 1 saturated heterocycles. The average Bonchev–Trinajstić information content (AvgIpc) is 2.70. The van der Waals surface area contributed by atoms with Crippen molar-refractivity contribution < 1.29 is 34.7 Å². The average molecular weight is 401 g/mol. The van der Waals surface area contributed by atoms with Crippen LogP contribution in [0.5, 0.6) is 28.7 Å². The summed E-state index contributed by atoms with van der Waals surface area (Å²) in [6, 6.07) is 4.83. The van der Waals surface area contributed by atoms with Gasteiger partial charge < -0.3 is 34.7 Å². The molecule has 0 aliphatic carbocycles. The zero-order valence-corrected chi connectivity index (χ0v) is 15.3. The smallest absolute Gasteiger partial charge is 0.238 e. The van der Waals surface area contributed by atoms with E-state index in [4.69, 9.17) is 9.15 Å². The summed E-state index contributed by atoms with van der Waals surface area (Å²) in [6.45, 7) is 2.48. The number of hydrogen-bond donors (Lipinski definition) is 5. The molecular weight excluding hydrogens is 382 g/mol. The lowest BCUT2D eigenvalue weighted by Gasteiger charge is -2.27. The fourth-order valence-corrected chi connectivity index (χ4v) is 3.35. The van der Waals surface area contributed by atoms with E-state index < -0.39 is 22.7 Å². The molecule has 0 saturated carbocycles. The van der Waals surface area contributed by atoms with Crippen LogP contribution in [0.25, 0.3) is 22.3 Å². The van der Waals surface area contributed by atoms with Crippen LogP contribution in [0, 0.1) is 0 Å². The second kappa shape index (κ2) is 7.19. The topological polar surface area (TPSA) is 144 Å². The van der Waals surface area contributed by atoms with Gasteiger partial charge in [-0.1, -0.05) is 0 Å². The zero-order chi connectivity index (χ0) is 20.7. The minimum Gasteiger partial charge on any atom is -0.507 e. The summed E-state index contributed by atoms with van der Waals surface area (Å²) in [5.41, 5.74) is -0.722. The fraction of sp³-hybridized carbons (Fsp3) is 0.250. The van der Waals surface area contributed by atoms with Gasteiger partial charge in [-0.2, -0.15) is 0 Å². The van der Waals surface area contributed by atoms with Crippen LogP contribution >= 0.6 is 0 Å². The van der Waals surface area contributed by atoms with Crippen molar-refractivity contribution in [1.82, 2.24) is 4.90 Å². The standard InChI is InChI=1S/C20H19NO8/c22-12-2-1-10(7-14(12)24)20-19(27)18(26)16-15(29-20)8-13(23)11(17(16)25)9-21-3-5-28-6-4-21/h1-2,7-8,22-25,27H,3-6,9H2. The Balaban J connectivity index is 1.85. The Bertz CT molecular complexity index is 1150. The van der Waals surface area contributed by atoms with Crippen molar-refractivity contribution in [2.24, 2.45) is 0 Å². The Labute approximate surface area is 164 Å². The molecule has 9 nitrogen and oxygen atoms in total. The van der Waals surface area contributed by atoms with Crippen LogP contribution in [-0.2, 0) is 11.3 Å². The lowest BCUT2D eigenvalue weighted by molar-refractivity contribution is 0.0336. The minimum atomic E-state index is -0.880. The van der Waals surface area contributed by atoms with Crippen molar-refractivity contribution in [3.63, 3.8) is 0 Å². The van der Waals surface area contributed by atoms with Crippen LogP contribution in [0.4, 0.5) is 0 Å². The first kappa shape index (κ1) is 18.9. The van der Waals surface area contributed by atoms with Gasteiger partial charge in [-0.3, -0.25) is 9.69 Å². The molecule has 0 amide bonds. The predicted molar refractivity (Wildman–Crippen MR) is 102 cm³/mol. The molecule has 152 valence electrons. The van der Waals surface area contributed by atoms with Crippen molar-refractivity contribution in [2.45, 2.75) is 6.54 Å². The number of hydrogen-bond acceptors (Lipinski definition) is 9. The van der Waals surface area contributed by atoms with E-state index in [0.29, 0.717) is 26.3 Å². The molecule has 2 heterocycles. The van der Waals surface area contributed by atoms with E-state index in [1.165, 1.54) is 18.2 Å². The summed E-state index contributed by atoms with van der Waals surface area (Å²) in [6.07, 6.45) is 0. The number of fused-ring (bicyclic) bond motifs is 1. The Hall–Kier alpha value is -3.43. The Morgan fingerprint density at radius 1 is 0.897 bits per heavy atom. The molecule has 1 aliphatic heterocycles. The molecule has 0 bridgehead atoms. The number of nitrogens with zero attached hydrogens (tertiary/aromatic N) is 1. The van der Waals surface area contributed by atoms with Crippen LogP contribution in [-0.4, -0.2) is 56.7 Å². The first-order valence-electron chi connectivity index (χ1n) is 8.93. The molecule has 1 aliphatic rings. The van der Waals surface area contributed by atoms with Gasteiger partial charge in [0.15, 0.2) is 17.3 Å². The maximum absolute atomic E-state index is 12.8. The molecule has 3 aromatic rings. The molecule has 4 rings (SSSR count). The normalized spacial score (nSPS) is 15.0. The van der Waals surface area contributed by atoms with Crippen molar-refractivity contribution in [3.05, 3.63) is 40.1 Å². The number of aromatic hydroxyl groups is 5. The highest BCUT2D eigenvalue weighted by Gasteiger charge is 2.24. The van der Waals surface area contributed by atoms with E-state index in [1.807, 2.05) is 4.90 Å². The summed E-state index contributed by atoms with van der Waals surface area (Å²) in [7, 11) is 0. The quantitative estimate of drug-likeness (QED) is 0.415. The molecule has 9 heteroatoms. The van der Waals surface area contributed by atoms with E-state index in [-0.39, 0.29) is 45.9 Å². The first-order valence-corrected chi connectivity index (χ1v) is 8.93. The van der Waals surface area contributed by atoms with Gasteiger partial charge in [0.05, 0.1) is 18.8 Å². The molecular formula is C20H19NO8. The highest BCUT2D eigenvalue weighted by Crippen LogP contribution is 2.40. The second-order valence-corrected chi connectivity index (χ2v) is 6.80. The molecule has 0 atom stereocenters. The number of phenolic OH excluding ortho intramolecular Hbond substituents is 4. The van der Waals surface area contributed by atoms with E-state index in [0.717, 1.165) is 6.07 Å². The van der Waals surface area contributed by atoms with Crippen LogP contribution in [0.15, 0.2) is 33.5 Å². The SMILES string of the molecule is O=c1c(O)c(-c2ccc(O)c(O)c2)oc2cc(O)c(CN3CCOCC3)c(O)c12. The maximum atomic E-state index is 12.8. The number of morpholine rings is 1. The van der Waals surface area contributed by atoms with Crippen molar-refractivity contribution in [3.8, 4) is 40.1 Å². The number of ether oxygens (including phenoxy) is 1. The fourth-order valence-electron chi connectivity index (χ4n) is 3.35. The third-order valence-electron chi connectivity index (χ3n) is 4.94. The lowest BCUT2D eigenvalue weighted by atomic mass is 10.0. The van der Waals surface area contributed by atoms with Crippen molar-refractivity contribution in [2.75, 3.05) is 26.3 Å². The van der Waals surface area contributed by atoms with Gasteiger partial charge in [-0.25, -0.2) is 0 Å². The molecule has 0 spiro atoms. The molecule has 5 N–H and O–H groups in total. The van der Waals surface area contributed by atoms with E-state index in [2.05, 4.69) is 0 Å². The molecule has 29 heavy (non-hydrogen) atoms. The largest absolute Gasteiger partial charge is 0.507 e. The zero-order valence-electron chi connectivity index (χ0n) is 15.3. The highest BCUT2D eigenvalue weighted by atomic mass is 16.5. The van der Waals surface area contributed by atoms with Crippen LogP contribution in [0.2, 0.25) is 0 Å². The number of phenols is 4. The lowest BCUT2D eigenvalue weighted by Crippen LogP contribution is -2.35. The highest BCUT2D eigenvalue weighted by molar-refractivity contribution is 5.89. The third kappa shape index (κ3) is 3.30. The predicted octanol–water partition coefficient (Wildman–Crippen LogP) is 1.82. The third-order valence-corrected chi connectivity index (χ3v) is 4.94. The molecule has 0 unspecified atom stereocenters. The van der Waals surface area contributed by atoms with Crippen LogP contribution in [0.1, 0.15) is 5.56 Å². The monoisotopic (exact) mass is 401 g/mol. The van der Waals surface area contributed by atoms with Gasteiger partial charge in [0, 0.05) is 31.3 Å². The van der Waals surface area contributed by atoms with Gasteiger partial charge in [-0.15, -0.1) is 0 Å². The Kier molecular flexibility index (Phi) is 4.69. The molecule has 0 radical (unpaired) electrons. The Morgan fingerprint density at radius 2 is 1.62 bits per heavy atom. The van der Waals surface area contributed by atoms with Gasteiger partial charge in [0.1, 0.15) is 22.5 Å². The first-order chi connectivity index (χ1) is 13.9. The van der Waals surface area contributed by atoms with E-state index in [1.54, 1.807) is 0 Å². The summed E-state index contributed by atoms with van der Waals surface area (Å²) >= 11 is 0. The van der Waals surface area contributed by atoms with Gasteiger partial charge >= 0.3 is 0 Å². The van der Waals surface area contributed by atoms with Gasteiger partial charge in [0.25, 0.3) is 0 Å². The summed E-state index contributed by atoms with van der Waals surface area (Å²) in [5.74, 6) is -2.58. The Morgan fingerprint density at radius 3 is 2.31 bits per heavy atom. The second-order valence-electron chi connectivity index (χ2n) is 6.80. The van der Waals surface area contributed by atoms with Gasteiger partial charge in [0.2, 0.25) is 11.2 Å². The van der Waals surface area contributed by atoms with Crippen molar-refractivity contribution in [1.29, 1.82) is 0 Å². The summed E-state index contributed by atoms with van der Waals surface area (Å²) < 4.78 is 10.8. The minimum absolute atomic E-state index is 0.129. The summed E-state index contributed by atoms with van der Waals surface area (Å²) in [4.78, 5) is 14.7.